The molecule has 1 aromatic carbocycles. The van der Waals surface area contributed by atoms with Crippen LogP contribution in [0.4, 0.5) is 13.2 Å². The molecule has 0 aliphatic heterocycles. The topological polar surface area (TPSA) is 17.8 Å². The minimum atomic E-state index is -1.53. The van der Waals surface area contributed by atoms with Crippen molar-refractivity contribution < 1.29 is 13.2 Å². The minimum absolute atomic E-state index is 0.0118. The third-order valence-corrected chi connectivity index (χ3v) is 3.61. The molecule has 0 aliphatic carbocycles. The highest BCUT2D eigenvalue weighted by Crippen LogP contribution is 2.28. The Balaban J connectivity index is 2.56. The van der Waals surface area contributed by atoms with E-state index in [4.69, 9.17) is 23.2 Å². The number of alkyl halides is 1. The summed E-state index contributed by atoms with van der Waals surface area (Å²) in [5, 5.41) is 4.42. The second-order valence-corrected chi connectivity index (χ2v) is 5.71. The van der Waals surface area contributed by atoms with Crippen LogP contribution in [-0.4, -0.2) is 9.78 Å². The first kappa shape index (κ1) is 16.2. The average Bonchev–Trinajstić information content (AvgIpc) is 2.70. The van der Waals surface area contributed by atoms with Crippen molar-refractivity contribution in [3.63, 3.8) is 0 Å². The van der Waals surface area contributed by atoms with Gasteiger partial charge in [0.2, 0.25) is 0 Å². The summed E-state index contributed by atoms with van der Waals surface area (Å²) in [6.45, 7) is 4.00. The molecule has 2 aromatic rings. The molecule has 0 saturated carbocycles. The maximum Gasteiger partial charge on any atom is 0.194 e. The van der Waals surface area contributed by atoms with Crippen LogP contribution in [0.5, 0.6) is 0 Å². The lowest BCUT2D eigenvalue weighted by Crippen LogP contribution is -2.02. The third-order valence-electron chi connectivity index (χ3n) is 2.95. The summed E-state index contributed by atoms with van der Waals surface area (Å²) in [5.74, 6) is -3.67. The van der Waals surface area contributed by atoms with Crippen molar-refractivity contribution in [2.45, 2.75) is 26.1 Å². The molecule has 7 heteroatoms. The Morgan fingerprint density at radius 1 is 1.19 bits per heavy atom. The summed E-state index contributed by atoms with van der Waals surface area (Å²) in [4.78, 5) is 0. The van der Waals surface area contributed by atoms with E-state index in [0.29, 0.717) is 23.6 Å². The zero-order valence-electron chi connectivity index (χ0n) is 11.4. The van der Waals surface area contributed by atoms with Gasteiger partial charge >= 0.3 is 0 Å². The Hall–Kier alpha value is -1.20. The van der Waals surface area contributed by atoms with Crippen LogP contribution in [0.1, 0.15) is 25.1 Å². The van der Waals surface area contributed by atoms with Gasteiger partial charge in [0.05, 0.1) is 17.3 Å². The first-order valence-corrected chi connectivity index (χ1v) is 7.23. The molecule has 0 saturated heterocycles. The van der Waals surface area contributed by atoms with Gasteiger partial charge in [-0.2, -0.15) is 5.10 Å². The van der Waals surface area contributed by atoms with Crippen LogP contribution < -0.4 is 0 Å². The van der Waals surface area contributed by atoms with Crippen LogP contribution in [0.3, 0.4) is 0 Å². The highest BCUT2D eigenvalue weighted by Gasteiger charge is 2.19. The van der Waals surface area contributed by atoms with Crippen LogP contribution in [0.2, 0.25) is 5.15 Å². The van der Waals surface area contributed by atoms with Gasteiger partial charge in [0.1, 0.15) is 5.15 Å². The molecule has 0 amide bonds. The van der Waals surface area contributed by atoms with E-state index in [-0.39, 0.29) is 16.7 Å². The van der Waals surface area contributed by atoms with Crippen LogP contribution in [-0.2, 0) is 12.3 Å². The van der Waals surface area contributed by atoms with Crippen molar-refractivity contribution in [2.75, 3.05) is 0 Å². The van der Waals surface area contributed by atoms with Gasteiger partial charge in [-0.1, -0.05) is 25.4 Å². The molecule has 114 valence electrons. The fourth-order valence-corrected chi connectivity index (χ4v) is 2.65. The minimum Gasteiger partial charge on any atom is -0.221 e. The lowest BCUT2D eigenvalue weighted by molar-refractivity contribution is 0.446. The normalized spacial score (nSPS) is 11.4. The summed E-state index contributed by atoms with van der Waals surface area (Å²) in [5.41, 5.74) is 1.28. The van der Waals surface area contributed by atoms with Crippen molar-refractivity contribution in [2.24, 2.45) is 5.92 Å². The first-order valence-electron chi connectivity index (χ1n) is 6.32. The van der Waals surface area contributed by atoms with E-state index in [1.807, 2.05) is 13.8 Å². The van der Waals surface area contributed by atoms with Crippen molar-refractivity contribution >= 4 is 23.2 Å². The Bertz CT molecular complexity index is 645. The van der Waals surface area contributed by atoms with E-state index in [0.717, 1.165) is 12.1 Å². The molecule has 2 rings (SSSR count). The fourth-order valence-electron chi connectivity index (χ4n) is 1.99. The van der Waals surface area contributed by atoms with Crippen LogP contribution >= 0.6 is 23.2 Å². The largest absolute Gasteiger partial charge is 0.221 e. The van der Waals surface area contributed by atoms with Crippen molar-refractivity contribution in [1.82, 2.24) is 9.78 Å². The lowest BCUT2D eigenvalue weighted by Gasteiger charge is -2.05. The smallest absolute Gasteiger partial charge is 0.194 e. The van der Waals surface area contributed by atoms with E-state index < -0.39 is 17.5 Å². The SMILES string of the molecule is CC(C)Cc1nn(-c2cc(F)c(F)c(F)c2)c(Cl)c1CCl. The number of aromatic nitrogens is 2. The van der Waals surface area contributed by atoms with Crippen LogP contribution in [0.15, 0.2) is 12.1 Å². The van der Waals surface area contributed by atoms with E-state index in [9.17, 15) is 13.2 Å². The predicted molar refractivity (Wildman–Crippen MR) is 76.5 cm³/mol. The molecule has 1 heterocycles. The van der Waals surface area contributed by atoms with Gasteiger partial charge in [-0.15, -0.1) is 11.6 Å². The molecule has 0 fully saturated rings. The highest BCUT2D eigenvalue weighted by atomic mass is 35.5. The predicted octanol–water partition coefficient (Wildman–Crippen LogP) is 4.88. The van der Waals surface area contributed by atoms with Gasteiger partial charge in [0.25, 0.3) is 0 Å². The highest BCUT2D eigenvalue weighted by molar-refractivity contribution is 6.31. The zero-order chi connectivity index (χ0) is 15.7. The van der Waals surface area contributed by atoms with Crippen LogP contribution in [0.25, 0.3) is 5.69 Å². The zero-order valence-corrected chi connectivity index (χ0v) is 12.9. The summed E-state index contributed by atoms with van der Waals surface area (Å²) in [7, 11) is 0. The molecule has 0 atom stereocenters. The number of rotatable bonds is 4. The molecular formula is C14H13Cl2F3N2. The molecule has 0 unspecified atom stereocenters. The number of hydrogen-bond acceptors (Lipinski definition) is 1. The van der Waals surface area contributed by atoms with Crippen molar-refractivity contribution in [3.8, 4) is 5.69 Å². The average molecular weight is 337 g/mol. The van der Waals surface area contributed by atoms with Gasteiger partial charge in [-0.25, -0.2) is 17.9 Å². The van der Waals surface area contributed by atoms with E-state index in [2.05, 4.69) is 5.10 Å². The number of hydrogen-bond donors (Lipinski definition) is 0. The van der Waals surface area contributed by atoms with Crippen molar-refractivity contribution in [1.29, 1.82) is 0 Å². The lowest BCUT2D eigenvalue weighted by atomic mass is 10.1. The summed E-state index contributed by atoms with van der Waals surface area (Å²) in [6.07, 6.45) is 0.626. The van der Waals surface area contributed by atoms with Crippen molar-refractivity contribution in [3.05, 3.63) is 46.0 Å². The Morgan fingerprint density at radius 3 is 2.24 bits per heavy atom. The molecule has 0 spiro atoms. The van der Waals surface area contributed by atoms with Gasteiger partial charge < -0.3 is 0 Å². The fraction of sp³-hybridized carbons (Fsp3) is 0.357. The van der Waals surface area contributed by atoms with Gasteiger partial charge in [-0.05, 0) is 12.3 Å². The third kappa shape index (κ3) is 3.19. The van der Waals surface area contributed by atoms with E-state index in [1.54, 1.807) is 0 Å². The Morgan fingerprint density at radius 2 is 1.76 bits per heavy atom. The summed E-state index contributed by atoms with van der Waals surface area (Å²) in [6, 6.07) is 1.68. The molecule has 0 radical (unpaired) electrons. The second-order valence-electron chi connectivity index (χ2n) is 5.08. The Labute approximate surface area is 130 Å². The number of benzene rings is 1. The maximum absolute atomic E-state index is 13.3. The molecule has 1 aromatic heterocycles. The second kappa shape index (κ2) is 6.28. The van der Waals surface area contributed by atoms with Gasteiger partial charge in [0.15, 0.2) is 17.5 Å². The van der Waals surface area contributed by atoms with Gasteiger partial charge in [0, 0.05) is 17.7 Å². The molecule has 21 heavy (non-hydrogen) atoms. The molecule has 0 bridgehead atoms. The van der Waals surface area contributed by atoms with E-state index in [1.165, 1.54) is 4.68 Å². The number of halogens is 5. The molecule has 0 N–H and O–H groups in total. The maximum atomic E-state index is 13.3. The molecular weight excluding hydrogens is 324 g/mol. The molecule has 2 nitrogen and oxygen atoms in total. The molecule has 0 aliphatic rings. The van der Waals surface area contributed by atoms with Gasteiger partial charge in [-0.3, -0.25) is 0 Å². The summed E-state index contributed by atoms with van der Waals surface area (Å²) >= 11 is 12.0. The Kier molecular flexibility index (Phi) is 4.84. The monoisotopic (exact) mass is 336 g/mol. The van der Waals surface area contributed by atoms with Crippen LogP contribution in [0, 0.1) is 23.4 Å². The first-order chi connectivity index (χ1) is 9.85. The standard InChI is InChI=1S/C14H13Cl2F3N2/c1-7(2)3-12-9(6-15)14(16)21(20-12)8-4-10(17)13(19)11(18)5-8/h4-5,7H,3,6H2,1-2H3. The van der Waals surface area contributed by atoms with E-state index >= 15 is 0 Å². The quantitative estimate of drug-likeness (QED) is 0.574. The summed E-state index contributed by atoms with van der Waals surface area (Å²) < 4.78 is 40.8. The number of nitrogens with zero attached hydrogens (tertiary/aromatic N) is 2.